The second-order valence-corrected chi connectivity index (χ2v) is 14.4. The molecule has 0 aromatic heterocycles. The van der Waals surface area contributed by atoms with E-state index in [0.717, 1.165) is 5.56 Å². The Balaban J connectivity index is 1.33. The molecule has 0 saturated carbocycles. The lowest BCUT2D eigenvalue weighted by Crippen LogP contribution is -2.55. The summed E-state index contributed by atoms with van der Waals surface area (Å²) in [5.41, 5.74) is 0.301. The van der Waals surface area contributed by atoms with Crippen molar-refractivity contribution in [3.05, 3.63) is 120 Å². The fourth-order valence-corrected chi connectivity index (χ4v) is 6.22. The summed E-state index contributed by atoms with van der Waals surface area (Å²) in [6.07, 6.45) is -0.425. The van der Waals surface area contributed by atoms with Crippen molar-refractivity contribution in [2.45, 2.75) is 69.4 Å². The average Bonchev–Trinajstić information content (AvgIpc) is 3.29. The van der Waals surface area contributed by atoms with Gasteiger partial charge >= 0.3 is 22.2 Å². The van der Waals surface area contributed by atoms with Crippen LogP contribution in [0.5, 0.6) is 17.2 Å². The predicted octanol–water partition coefficient (Wildman–Crippen LogP) is 6.44. The second kappa shape index (κ2) is 16.0. The molecule has 1 saturated heterocycles. The summed E-state index contributed by atoms with van der Waals surface area (Å²) in [6.45, 7) is 5.53. The van der Waals surface area contributed by atoms with E-state index in [2.05, 4.69) is 5.32 Å². The third-order valence-corrected chi connectivity index (χ3v) is 9.03. The van der Waals surface area contributed by atoms with Crippen molar-refractivity contribution in [1.82, 2.24) is 10.2 Å². The van der Waals surface area contributed by atoms with Crippen molar-refractivity contribution in [3.8, 4) is 17.2 Å². The molecule has 2 unspecified atom stereocenters. The SMILES string of the molecule is CC(C)(C)OC(=O)N1CCCCC(NC(=O)c2ccc(O)cc2)C1OC(=O)c1ccc(S(=O)(=O)Oc2ccccc2OCc2ccccc2)cc1. The largest absolute Gasteiger partial charge is 0.508 e. The molecule has 0 bridgehead atoms. The Hall–Kier alpha value is -5.56. The van der Waals surface area contributed by atoms with Gasteiger partial charge in [-0.1, -0.05) is 42.5 Å². The standard InChI is InChI=1S/C38H40N2O10S/c1-38(2,3)49-37(44)40-24-10-9-13-31(39-34(42)27-16-20-29(41)21-17-27)35(40)48-36(43)28-18-22-30(23-19-28)51(45,46)50-33-15-8-7-14-32(33)47-25-26-11-5-4-6-12-26/h4-8,11-12,14-23,31,35,41H,9-10,13,24-25H2,1-3H3,(H,39,42). The molecule has 13 heteroatoms. The van der Waals surface area contributed by atoms with E-state index in [9.17, 15) is 27.9 Å². The first-order valence-electron chi connectivity index (χ1n) is 16.4. The number of carbonyl (C=O) groups excluding carboxylic acids is 3. The van der Waals surface area contributed by atoms with E-state index in [1.165, 1.54) is 59.5 Å². The monoisotopic (exact) mass is 716 g/mol. The average molecular weight is 717 g/mol. The predicted molar refractivity (Wildman–Crippen MR) is 187 cm³/mol. The van der Waals surface area contributed by atoms with E-state index in [4.69, 9.17) is 18.4 Å². The molecule has 1 aliphatic rings. The summed E-state index contributed by atoms with van der Waals surface area (Å²) >= 11 is 0. The molecule has 0 aliphatic carbocycles. The Bertz CT molecular complexity index is 1930. The van der Waals surface area contributed by atoms with Crippen molar-refractivity contribution < 1.29 is 46.3 Å². The Kier molecular flexibility index (Phi) is 11.5. The normalized spacial score (nSPS) is 16.3. The van der Waals surface area contributed by atoms with Gasteiger partial charge in [0, 0.05) is 12.1 Å². The first-order chi connectivity index (χ1) is 24.3. The van der Waals surface area contributed by atoms with Crippen molar-refractivity contribution in [2.75, 3.05) is 6.54 Å². The number of likely N-dealkylation sites (tertiary alicyclic amines) is 1. The summed E-state index contributed by atoms with van der Waals surface area (Å²) in [4.78, 5) is 41.2. The van der Waals surface area contributed by atoms with Gasteiger partial charge in [0.1, 0.15) is 22.9 Å². The van der Waals surface area contributed by atoms with Gasteiger partial charge in [0.05, 0.1) is 11.6 Å². The molecule has 1 heterocycles. The number of phenols is 1. The van der Waals surface area contributed by atoms with Crippen molar-refractivity contribution in [3.63, 3.8) is 0 Å². The lowest BCUT2D eigenvalue weighted by atomic mass is 10.1. The van der Waals surface area contributed by atoms with Crippen LogP contribution in [0.25, 0.3) is 0 Å². The lowest BCUT2D eigenvalue weighted by molar-refractivity contribution is -0.0556. The van der Waals surface area contributed by atoms with Crippen LogP contribution >= 0.6 is 0 Å². The highest BCUT2D eigenvalue weighted by molar-refractivity contribution is 7.87. The first-order valence-corrected chi connectivity index (χ1v) is 17.8. The van der Waals surface area contributed by atoms with Gasteiger partial charge in [0.2, 0.25) is 6.23 Å². The van der Waals surface area contributed by atoms with Gasteiger partial charge in [-0.15, -0.1) is 0 Å². The molecule has 5 rings (SSSR count). The number of rotatable bonds is 10. The summed E-state index contributed by atoms with van der Waals surface area (Å²) in [5, 5.41) is 12.5. The third kappa shape index (κ3) is 10.0. The lowest BCUT2D eigenvalue weighted by Gasteiger charge is -2.35. The van der Waals surface area contributed by atoms with Gasteiger partial charge in [0.15, 0.2) is 11.5 Å². The number of benzene rings is 4. The van der Waals surface area contributed by atoms with Crippen molar-refractivity contribution >= 4 is 28.1 Å². The molecule has 268 valence electrons. The molecular formula is C38H40N2O10S. The molecule has 51 heavy (non-hydrogen) atoms. The van der Waals surface area contributed by atoms with Crippen LogP contribution in [0.4, 0.5) is 4.79 Å². The fraction of sp³-hybridized carbons (Fsp3) is 0.289. The van der Waals surface area contributed by atoms with Gasteiger partial charge in [-0.2, -0.15) is 8.42 Å². The smallest absolute Gasteiger partial charge is 0.413 e. The fourth-order valence-electron chi connectivity index (χ4n) is 5.28. The van der Waals surface area contributed by atoms with E-state index in [-0.39, 0.29) is 46.4 Å². The van der Waals surface area contributed by atoms with Gasteiger partial charge in [-0.3, -0.25) is 9.69 Å². The molecule has 12 nitrogen and oxygen atoms in total. The van der Waals surface area contributed by atoms with Crippen LogP contribution < -0.4 is 14.2 Å². The van der Waals surface area contributed by atoms with Crippen LogP contribution in [0.2, 0.25) is 0 Å². The van der Waals surface area contributed by atoms with Gasteiger partial charge in [-0.25, -0.2) is 9.59 Å². The Morgan fingerprint density at radius 1 is 0.824 bits per heavy atom. The molecule has 1 fully saturated rings. The zero-order chi connectivity index (χ0) is 36.6. The summed E-state index contributed by atoms with van der Waals surface area (Å²) in [7, 11) is -4.35. The molecule has 0 radical (unpaired) electrons. The molecule has 2 atom stereocenters. The van der Waals surface area contributed by atoms with Crippen LogP contribution in [-0.4, -0.2) is 60.8 Å². The minimum Gasteiger partial charge on any atom is -0.508 e. The minimum absolute atomic E-state index is 0.00228. The number of phenolic OH excluding ortho intramolecular Hbond substituents is 1. The maximum Gasteiger partial charge on any atom is 0.413 e. The Morgan fingerprint density at radius 2 is 1.45 bits per heavy atom. The molecule has 2 N–H and O–H groups in total. The van der Waals surface area contributed by atoms with E-state index in [0.29, 0.717) is 19.3 Å². The molecule has 1 aliphatic heterocycles. The van der Waals surface area contributed by atoms with Crippen LogP contribution in [0.15, 0.2) is 108 Å². The molecule has 4 aromatic rings. The van der Waals surface area contributed by atoms with Crippen molar-refractivity contribution in [1.29, 1.82) is 0 Å². The summed E-state index contributed by atoms with van der Waals surface area (Å²) in [5.74, 6) is -1.13. The molecular weight excluding hydrogens is 676 g/mol. The number of aromatic hydroxyl groups is 1. The minimum atomic E-state index is -4.35. The number of hydrogen-bond donors (Lipinski definition) is 2. The number of esters is 1. The number of nitrogens with zero attached hydrogens (tertiary/aromatic N) is 1. The second-order valence-electron chi connectivity index (χ2n) is 12.9. The van der Waals surface area contributed by atoms with Crippen LogP contribution in [-0.2, 0) is 26.2 Å². The van der Waals surface area contributed by atoms with E-state index in [1.54, 1.807) is 39.0 Å². The Labute approximate surface area is 297 Å². The maximum absolute atomic E-state index is 13.6. The number of amides is 2. The zero-order valence-corrected chi connectivity index (χ0v) is 29.3. The summed E-state index contributed by atoms with van der Waals surface area (Å²) in [6, 6.07) is 25.6. The van der Waals surface area contributed by atoms with E-state index in [1.807, 2.05) is 30.3 Å². The number of nitrogens with one attached hydrogen (secondary N) is 1. The number of ether oxygens (including phenoxy) is 3. The molecule has 4 aromatic carbocycles. The quantitative estimate of drug-likeness (QED) is 0.138. The van der Waals surface area contributed by atoms with E-state index < -0.39 is 46.0 Å². The van der Waals surface area contributed by atoms with Gasteiger partial charge < -0.3 is 28.8 Å². The number of para-hydroxylation sites is 2. The molecule has 0 spiro atoms. The molecule has 2 amide bonds. The topological polar surface area (TPSA) is 158 Å². The maximum atomic E-state index is 13.6. The van der Waals surface area contributed by atoms with Crippen LogP contribution in [0, 0.1) is 0 Å². The van der Waals surface area contributed by atoms with Crippen molar-refractivity contribution in [2.24, 2.45) is 0 Å². The highest BCUT2D eigenvalue weighted by Gasteiger charge is 2.39. The van der Waals surface area contributed by atoms with Gasteiger partial charge in [0.25, 0.3) is 5.91 Å². The van der Waals surface area contributed by atoms with Gasteiger partial charge in [-0.05, 0) is 106 Å². The number of carbonyl (C=O) groups is 3. The van der Waals surface area contributed by atoms with Crippen LogP contribution in [0.3, 0.4) is 0 Å². The number of hydrogen-bond acceptors (Lipinski definition) is 10. The third-order valence-electron chi connectivity index (χ3n) is 7.78. The van der Waals surface area contributed by atoms with Crippen LogP contribution in [0.1, 0.15) is 66.3 Å². The first kappa shape index (κ1) is 36.7. The summed E-state index contributed by atoms with van der Waals surface area (Å²) < 4.78 is 49.3. The van der Waals surface area contributed by atoms with E-state index >= 15 is 0 Å². The highest BCUT2D eigenvalue weighted by atomic mass is 32.2. The Morgan fingerprint density at radius 3 is 2.12 bits per heavy atom. The highest BCUT2D eigenvalue weighted by Crippen LogP contribution is 2.31. The zero-order valence-electron chi connectivity index (χ0n) is 28.5.